The molecule has 0 aliphatic rings. The molecule has 3 nitrogen and oxygen atoms in total. The summed E-state index contributed by atoms with van der Waals surface area (Å²) >= 11 is 0. The lowest BCUT2D eigenvalue weighted by Crippen LogP contribution is -2.50. The van der Waals surface area contributed by atoms with Crippen LogP contribution in [0.4, 0.5) is 0 Å². The molecule has 0 aliphatic carbocycles. The smallest absolute Gasteiger partial charge is 0.125 e. The van der Waals surface area contributed by atoms with Crippen molar-refractivity contribution in [3.63, 3.8) is 0 Å². The molecular weight excluding hydrogens is 398 g/mol. The Bertz CT molecular complexity index is 1000. The van der Waals surface area contributed by atoms with Gasteiger partial charge in [0.05, 0.1) is 26.5 Å². The number of aryl methyl sites for hydroxylation is 2. The van der Waals surface area contributed by atoms with Crippen LogP contribution >= 0.6 is 0 Å². The summed E-state index contributed by atoms with van der Waals surface area (Å²) in [4.78, 5) is 1.47. The minimum absolute atomic E-state index is 0.318. The third-order valence-electron chi connectivity index (χ3n) is 5.30. The molecule has 0 radical (unpaired) electrons. The number of nitrogens with one attached hydrogen (secondary N) is 1. The van der Waals surface area contributed by atoms with E-state index in [1.807, 2.05) is 107 Å². The van der Waals surface area contributed by atoms with E-state index < -0.39 is 27.3 Å². The van der Waals surface area contributed by atoms with Gasteiger partial charge in [-0.2, -0.15) is 0 Å². The molecule has 152 valence electrons. The highest BCUT2D eigenvalue weighted by molar-refractivity contribution is 7.86. The van der Waals surface area contributed by atoms with E-state index in [4.69, 9.17) is 0 Å². The lowest BCUT2D eigenvalue weighted by atomic mass is 9.90. The third-order valence-corrected chi connectivity index (χ3v) is 8.46. The summed E-state index contributed by atoms with van der Waals surface area (Å²) in [7, 11) is -2.72. The predicted molar refractivity (Wildman–Crippen MR) is 122 cm³/mol. The molecule has 0 bridgehead atoms. The fourth-order valence-electron chi connectivity index (χ4n) is 3.16. The van der Waals surface area contributed by atoms with Crippen LogP contribution in [0, 0.1) is 13.8 Å². The van der Waals surface area contributed by atoms with E-state index in [0.29, 0.717) is 4.90 Å². The number of rotatable bonds is 7. The van der Waals surface area contributed by atoms with Gasteiger partial charge in [-0.3, -0.25) is 4.21 Å². The van der Waals surface area contributed by atoms with E-state index in [-0.39, 0.29) is 5.25 Å². The lowest BCUT2D eigenvalue weighted by molar-refractivity contribution is 0.434. The van der Waals surface area contributed by atoms with E-state index in [9.17, 15) is 8.42 Å². The molecule has 5 heteroatoms. The maximum atomic E-state index is 13.4. The molecule has 0 saturated carbocycles. The topological polar surface area (TPSA) is 46.2 Å². The molecule has 3 aromatic rings. The number of hydrogen-bond donors (Lipinski definition) is 1. The highest BCUT2D eigenvalue weighted by atomic mass is 32.2. The van der Waals surface area contributed by atoms with Crippen molar-refractivity contribution in [2.24, 2.45) is 0 Å². The van der Waals surface area contributed by atoms with Gasteiger partial charge in [0.25, 0.3) is 0 Å². The SMILES string of the molecule is Cc1ccc([S@@](=O)N[C@@](C)(c2ccccc2)[C@@H](C)[S@@](=O)c2ccc(C)cc2)cc1. The van der Waals surface area contributed by atoms with Gasteiger partial charge in [0, 0.05) is 4.90 Å². The Hall–Kier alpha value is -2.08. The van der Waals surface area contributed by atoms with Crippen LogP contribution in [0.2, 0.25) is 0 Å². The maximum Gasteiger partial charge on any atom is 0.125 e. The molecule has 4 atom stereocenters. The minimum atomic E-state index is -1.44. The van der Waals surface area contributed by atoms with Crippen molar-refractivity contribution in [1.29, 1.82) is 0 Å². The van der Waals surface area contributed by atoms with Crippen molar-refractivity contribution in [2.75, 3.05) is 0 Å². The van der Waals surface area contributed by atoms with Gasteiger partial charge >= 0.3 is 0 Å². The second-order valence-corrected chi connectivity index (χ2v) is 10.5. The van der Waals surface area contributed by atoms with Crippen molar-refractivity contribution in [3.05, 3.63) is 95.6 Å². The zero-order valence-corrected chi connectivity index (χ0v) is 18.8. The Morgan fingerprint density at radius 1 is 0.759 bits per heavy atom. The fraction of sp³-hybridized carbons (Fsp3) is 0.250. The summed E-state index contributed by atoms with van der Waals surface area (Å²) in [5, 5.41) is -0.318. The van der Waals surface area contributed by atoms with Crippen LogP contribution < -0.4 is 4.72 Å². The Morgan fingerprint density at radius 3 is 1.76 bits per heavy atom. The first-order valence-electron chi connectivity index (χ1n) is 9.60. The summed E-state index contributed by atoms with van der Waals surface area (Å²) in [5.41, 5.74) is 2.44. The Balaban J connectivity index is 1.97. The first kappa shape index (κ1) is 21.6. The van der Waals surface area contributed by atoms with E-state index in [1.165, 1.54) is 0 Å². The Kier molecular flexibility index (Phi) is 6.83. The van der Waals surface area contributed by atoms with Crippen molar-refractivity contribution in [2.45, 2.75) is 48.3 Å². The molecule has 29 heavy (non-hydrogen) atoms. The Morgan fingerprint density at radius 2 is 1.24 bits per heavy atom. The second-order valence-electron chi connectivity index (χ2n) is 7.50. The largest absolute Gasteiger partial charge is 0.254 e. The first-order valence-corrected chi connectivity index (χ1v) is 12.0. The zero-order chi connectivity index (χ0) is 21.0. The van der Waals surface area contributed by atoms with Gasteiger partial charge in [-0.15, -0.1) is 0 Å². The van der Waals surface area contributed by atoms with Crippen molar-refractivity contribution in [3.8, 4) is 0 Å². The van der Waals surface area contributed by atoms with Crippen molar-refractivity contribution in [1.82, 2.24) is 4.72 Å². The number of benzene rings is 3. The Labute approximate surface area is 178 Å². The molecule has 0 heterocycles. The van der Waals surface area contributed by atoms with Crippen LogP contribution in [-0.4, -0.2) is 13.7 Å². The molecular formula is C24H27NO2S2. The number of hydrogen-bond acceptors (Lipinski definition) is 2. The molecule has 0 unspecified atom stereocenters. The van der Waals surface area contributed by atoms with Crippen LogP contribution in [-0.2, 0) is 27.3 Å². The monoisotopic (exact) mass is 425 g/mol. The highest BCUT2D eigenvalue weighted by Gasteiger charge is 2.38. The lowest BCUT2D eigenvalue weighted by Gasteiger charge is -2.36. The predicted octanol–water partition coefficient (Wildman–Crippen LogP) is 5.03. The van der Waals surface area contributed by atoms with Gasteiger partial charge in [-0.05, 0) is 57.5 Å². The van der Waals surface area contributed by atoms with Gasteiger partial charge in [0.1, 0.15) is 11.0 Å². The van der Waals surface area contributed by atoms with Crippen LogP contribution in [0.5, 0.6) is 0 Å². The van der Waals surface area contributed by atoms with Crippen molar-refractivity contribution >= 4 is 21.8 Å². The average molecular weight is 426 g/mol. The third kappa shape index (κ3) is 4.92. The fourth-order valence-corrected chi connectivity index (χ4v) is 5.86. The maximum absolute atomic E-state index is 13.4. The highest BCUT2D eigenvalue weighted by Crippen LogP contribution is 2.31. The molecule has 3 rings (SSSR count). The van der Waals surface area contributed by atoms with E-state index in [0.717, 1.165) is 21.6 Å². The van der Waals surface area contributed by atoms with Crippen molar-refractivity contribution < 1.29 is 8.42 Å². The second kappa shape index (κ2) is 9.16. The summed E-state index contributed by atoms with van der Waals surface area (Å²) in [5.74, 6) is 0. The standard InChI is InChI=1S/C24H27NO2S2/c1-18-10-14-22(15-11-18)28(26)20(3)24(4,21-8-6-5-7-9-21)25-29(27)23-16-12-19(2)13-17-23/h5-17,20,25H,1-4H3/t20-,24-,28-,29-/m1/s1. The average Bonchev–Trinajstić information content (AvgIpc) is 2.74. The zero-order valence-electron chi connectivity index (χ0n) is 17.2. The van der Waals surface area contributed by atoms with Crippen LogP contribution in [0.1, 0.15) is 30.5 Å². The molecule has 1 N–H and O–H groups in total. The summed E-state index contributed by atoms with van der Waals surface area (Å²) in [6.45, 7) is 7.94. The quantitative estimate of drug-likeness (QED) is 0.577. The van der Waals surface area contributed by atoms with Gasteiger partial charge in [0.15, 0.2) is 0 Å². The minimum Gasteiger partial charge on any atom is -0.254 e. The molecule has 0 aromatic heterocycles. The summed E-state index contributed by atoms with van der Waals surface area (Å²) in [6, 6.07) is 25.2. The molecule has 0 saturated heterocycles. The molecule has 0 fully saturated rings. The molecule has 3 aromatic carbocycles. The van der Waals surface area contributed by atoms with Gasteiger partial charge in [0.2, 0.25) is 0 Å². The van der Waals surface area contributed by atoms with E-state index >= 15 is 0 Å². The van der Waals surface area contributed by atoms with Gasteiger partial charge < -0.3 is 0 Å². The van der Waals surface area contributed by atoms with Gasteiger partial charge in [-0.1, -0.05) is 65.7 Å². The van der Waals surface area contributed by atoms with Crippen LogP contribution in [0.3, 0.4) is 0 Å². The molecule has 0 spiro atoms. The first-order chi connectivity index (χ1) is 13.8. The van der Waals surface area contributed by atoms with Gasteiger partial charge in [-0.25, -0.2) is 8.93 Å². The van der Waals surface area contributed by atoms with E-state index in [2.05, 4.69) is 4.72 Å². The normalized spacial score (nSPS) is 16.6. The summed E-state index contributed by atoms with van der Waals surface area (Å²) < 4.78 is 29.9. The molecule has 0 amide bonds. The van der Waals surface area contributed by atoms with E-state index in [1.54, 1.807) is 0 Å². The molecule has 0 aliphatic heterocycles. The van der Waals surface area contributed by atoms with Crippen LogP contribution in [0.15, 0.2) is 88.7 Å². The summed E-state index contributed by atoms with van der Waals surface area (Å²) in [6.07, 6.45) is 0. The van der Waals surface area contributed by atoms with Crippen LogP contribution in [0.25, 0.3) is 0 Å².